The minimum Gasteiger partial charge on any atom is -0.323 e. The van der Waals surface area contributed by atoms with Crippen molar-refractivity contribution in [2.45, 2.75) is 31.7 Å². The first-order valence-corrected chi connectivity index (χ1v) is 6.62. The summed E-state index contributed by atoms with van der Waals surface area (Å²) < 4.78 is 13.2. The van der Waals surface area contributed by atoms with E-state index in [4.69, 9.17) is 5.73 Å². The van der Waals surface area contributed by atoms with Gasteiger partial charge in [-0.2, -0.15) is 0 Å². The molecule has 2 unspecified atom stereocenters. The van der Waals surface area contributed by atoms with E-state index >= 15 is 0 Å². The molecule has 3 heteroatoms. The summed E-state index contributed by atoms with van der Waals surface area (Å²) in [6.45, 7) is 1.91. The fourth-order valence-electron chi connectivity index (χ4n) is 3.02. The summed E-state index contributed by atoms with van der Waals surface area (Å²) in [4.78, 5) is 4.48. The Bertz CT molecular complexity index is 609. The first-order valence-electron chi connectivity index (χ1n) is 6.62. The van der Waals surface area contributed by atoms with E-state index in [1.807, 2.05) is 19.2 Å². The zero-order valence-electron chi connectivity index (χ0n) is 10.9. The monoisotopic (exact) mass is 256 g/mol. The Kier molecular flexibility index (Phi) is 3.07. The van der Waals surface area contributed by atoms with Gasteiger partial charge in [0.05, 0.1) is 0 Å². The van der Waals surface area contributed by atoms with Gasteiger partial charge in [0, 0.05) is 23.9 Å². The van der Waals surface area contributed by atoms with Gasteiger partial charge in [0.2, 0.25) is 0 Å². The van der Waals surface area contributed by atoms with Crippen LogP contribution < -0.4 is 5.73 Å². The molecule has 0 radical (unpaired) electrons. The van der Waals surface area contributed by atoms with Crippen LogP contribution in [-0.4, -0.2) is 4.98 Å². The van der Waals surface area contributed by atoms with Gasteiger partial charge in [-0.05, 0) is 54.7 Å². The lowest BCUT2D eigenvalue weighted by atomic mass is 9.89. The summed E-state index contributed by atoms with van der Waals surface area (Å²) >= 11 is 0. The molecule has 0 bridgehead atoms. The average molecular weight is 256 g/mol. The number of rotatable bonds is 2. The largest absolute Gasteiger partial charge is 0.323 e. The zero-order chi connectivity index (χ0) is 13.4. The van der Waals surface area contributed by atoms with E-state index in [0.717, 1.165) is 29.7 Å². The summed E-state index contributed by atoms with van der Waals surface area (Å²) in [6.07, 6.45) is 3.87. The van der Waals surface area contributed by atoms with E-state index in [-0.39, 0.29) is 17.8 Å². The Morgan fingerprint density at radius 3 is 3.00 bits per heavy atom. The lowest BCUT2D eigenvalue weighted by Crippen LogP contribution is -2.20. The van der Waals surface area contributed by atoms with Crippen LogP contribution >= 0.6 is 0 Å². The van der Waals surface area contributed by atoms with Gasteiger partial charge < -0.3 is 5.73 Å². The van der Waals surface area contributed by atoms with Crippen molar-refractivity contribution in [3.63, 3.8) is 0 Å². The van der Waals surface area contributed by atoms with Crippen LogP contribution in [0.4, 0.5) is 4.39 Å². The third kappa shape index (κ3) is 2.15. The molecule has 2 nitrogen and oxygen atoms in total. The highest BCUT2D eigenvalue weighted by molar-refractivity contribution is 5.36. The van der Waals surface area contributed by atoms with Gasteiger partial charge in [-0.3, -0.25) is 4.98 Å². The van der Waals surface area contributed by atoms with Crippen molar-refractivity contribution in [1.82, 2.24) is 4.98 Å². The normalized spacial score (nSPS) is 19.2. The number of nitrogens with two attached hydrogens (primary N) is 1. The first-order chi connectivity index (χ1) is 9.16. The summed E-state index contributed by atoms with van der Waals surface area (Å²) in [5.41, 5.74) is 10.7. The molecule has 0 spiro atoms. The zero-order valence-corrected chi connectivity index (χ0v) is 10.9. The van der Waals surface area contributed by atoms with E-state index in [1.165, 1.54) is 11.6 Å². The molecule has 0 aliphatic heterocycles. The van der Waals surface area contributed by atoms with Crippen LogP contribution in [0.3, 0.4) is 0 Å². The van der Waals surface area contributed by atoms with Crippen LogP contribution in [0, 0.1) is 12.7 Å². The minimum atomic E-state index is -0.210. The van der Waals surface area contributed by atoms with E-state index in [9.17, 15) is 4.39 Å². The molecule has 2 N–H and O–H groups in total. The third-order valence-corrected chi connectivity index (χ3v) is 4.03. The number of aromatic nitrogens is 1. The Hall–Kier alpha value is -1.74. The molecule has 19 heavy (non-hydrogen) atoms. The Balaban J connectivity index is 1.95. The number of benzene rings is 1. The van der Waals surface area contributed by atoms with Crippen LogP contribution in [0.1, 0.15) is 40.8 Å². The van der Waals surface area contributed by atoms with Gasteiger partial charge in [-0.15, -0.1) is 0 Å². The molecule has 1 heterocycles. The van der Waals surface area contributed by atoms with Crippen molar-refractivity contribution in [3.8, 4) is 0 Å². The van der Waals surface area contributed by atoms with Crippen LogP contribution in [0.2, 0.25) is 0 Å². The van der Waals surface area contributed by atoms with Crippen LogP contribution in [0.15, 0.2) is 36.5 Å². The molecule has 1 aromatic carbocycles. The highest BCUT2D eigenvalue weighted by Crippen LogP contribution is 2.39. The molecular formula is C16H17FN2. The molecule has 2 atom stereocenters. The smallest absolute Gasteiger partial charge is 0.123 e. The van der Waals surface area contributed by atoms with Crippen molar-refractivity contribution >= 4 is 0 Å². The summed E-state index contributed by atoms with van der Waals surface area (Å²) in [5.74, 6) is 0.0266. The second kappa shape index (κ2) is 4.74. The summed E-state index contributed by atoms with van der Waals surface area (Å²) in [7, 11) is 0. The molecular weight excluding hydrogens is 239 g/mol. The van der Waals surface area contributed by atoms with Crippen molar-refractivity contribution < 1.29 is 4.39 Å². The van der Waals surface area contributed by atoms with Gasteiger partial charge in [-0.25, -0.2) is 4.39 Å². The van der Waals surface area contributed by atoms with Crippen LogP contribution in [-0.2, 0) is 6.42 Å². The Morgan fingerprint density at radius 1 is 1.37 bits per heavy atom. The highest BCUT2D eigenvalue weighted by atomic mass is 19.1. The first kappa shape index (κ1) is 12.3. The number of nitrogens with zero attached hydrogens (tertiary/aromatic N) is 1. The van der Waals surface area contributed by atoms with Crippen molar-refractivity contribution in [2.75, 3.05) is 0 Å². The second-order valence-electron chi connectivity index (χ2n) is 5.22. The maximum absolute atomic E-state index is 13.2. The number of halogens is 1. The Labute approximate surface area is 112 Å². The van der Waals surface area contributed by atoms with Crippen molar-refractivity contribution in [1.29, 1.82) is 0 Å². The number of hydrogen-bond donors (Lipinski definition) is 1. The molecule has 0 saturated heterocycles. The van der Waals surface area contributed by atoms with Crippen molar-refractivity contribution in [3.05, 3.63) is 64.7 Å². The quantitative estimate of drug-likeness (QED) is 0.895. The minimum absolute atomic E-state index is 0.114. The second-order valence-corrected chi connectivity index (χ2v) is 5.22. The topological polar surface area (TPSA) is 38.9 Å². The van der Waals surface area contributed by atoms with E-state index in [1.54, 1.807) is 12.1 Å². The molecule has 0 fully saturated rings. The maximum atomic E-state index is 13.2. The fraction of sp³-hybridized carbons (Fsp3) is 0.312. The van der Waals surface area contributed by atoms with E-state index < -0.39 is 0 Å². The van der Waals surface area contributed by atoms with Gasteiger partial charge in [0.25, 0.3) is 0 Å². The maximum Gasteiger partial charge on any atom is 0.123 e. The molecule has 0 saturated carbocycles. The van der Waals surface area contributed by atoms with Gasteiger partial charge in [0.1, 0.15) is 5.82 Å². The predicted molar refractivity (Wildman–Crippen MR) is 73.4 cm³/mol. The summed E-state index contributed by atoms with van der Waals surface area (Å²) in [5, 5.41) is 0. The average Bonchev–Trinajstić information content (AvgIpc) is 2.82. The Morgan fingerprint density at radius 2 is 2.21 bits per heavy atom. The molecule has 2 aromatic rings. The molecule has 1 aromatic heterocycles. The van der Waals surface area contributed by atoms with E-state index in [0.29, 0.717) is 0 Å². The number of fused-ring (bicyclic) bond motifs is 1. The van der Waals surface area contributed by atoms with Crippen LogP contribution in [0.5, 0.6) is 0 Å². The lowest BCUT2D eigenvalue weighted by Gasteiger charge is -2.21. The molecule has 0 amide bonds. The molecule has 98 valence electrons. The third-order valence-electron chi connectivity index (χ3n) is 4.03. The van der Waals surface area contributed by atoms with E-state index in [2.05, 4.69) is 11.1 Å². The number of hydrogen-bond acceptors (Lipinski definition) is 2. The SMILES string of the molecule is Cc1cc(F)ccc1C(N)C1CCc2cccnc21. The standard InChI is InChI=1S/C16H17FN2/c1-10-9-12(17)5-7-13(10)15(18)14-6-4-11-3-2-8-19-16(11)14/h2-3,5,7-9,14-15H,4,6,18H2,1H3. The number of aryl methyl sites for hydroxylation is 2. The van der Waals surface area contributed by atoms with Crippen molar-refractivity contribution in [2.24, 2.45) is 5.73 Å². The molecule has 3 rings (SSSR count). The van der Waals surface area contributed by atoms with Gasteiger partial charge >= 0.3 is 0 Å². The predicted octanol–water partition coefficient (Wildman–Crippen LogP) is 3.26. The highest BCUT2D eigenvalue weighted by Gasteiger charge is 2.30. The van der Waals surface area contributed by atoms with Gasteiger partial charge in [-0.1, -0.05) is 12.1 Å². The van der Waals surface area contributed by atoms with Crippen LogP contribution in [0.25, 0.3) is 0 Å². The molecule has 1 aliphatic carbocycles. The summed E-state index contributed by atoms with van der Waals surface area (Å²) in [6, 6.07) is 8.80. The van der Waals surface area contributed by atoms with Gasteiger partial charge in [0.15, 0.2) is 0 Å². The number of pyridine rings is 1. The lowest BCUT2D eigenvalue weighted by molar-refractivity contribution is 0.537. The fourth-order valence-corrected chi connectivity index (χ4v) is 3.02. The molecule has 1 aliphatic rings.